The van der Waals surface area contributed by atoms with Crippen LogP contribution in [0.2, 0.25) is 0 Å². The maximum atomic E-state index is 10.5. The summed E-state index contributed by atoms with van der Waals surface area (Å²) >= 11 is 0. The SMILES string of the molecule is COCCOCNCCOCCNC(C)=O. The van der Waals surface area contributed by atoms with Gasteiger partial charge in [-0.15, -0.1) is 0 Å². The van der Waals surface area contributed by atoms with Crippen molar-refractivity contribution >= 4 is 5.91 Å². The van der Waals surface area contributed by atoms with Crippen molar-refractivity contribution in [1.82, 2.24) is 10.6 Å². The highest BCUT2D eigenvalue weighted by Gasteiger charge is 1.91. The molecule has 0 rings (SSSR count). The molecule has 0 saturated heterocycles. The van der Waals surface area contributed by atoms with E-state index in [1.165, 1.54) is 6.92 Å². The van der Waals surface area contributed by atoms with Gasteiger partial charge in [0.1, 0.15) is 0 Å². The number of carbonyl (C=O) groups excluding carboxylic acids is 1. The summed E-state index contributed by atoms with van der Waals surface area (Å²) in [5, 5.41) is 5.70. The first-order valence-corrected chi connectivity index (χ1v) is 5.37. The van der Waals surface area contributed by atoms with Crippen LogP contribution in [0, 0.1) is 0 Å². The molecule has 0 aromatic heterocycles. The average molecular weight is 234 g/mol. The molecule has 0 unspecified atom stereocenters. The zero-order valence-corrected chi connectivity index (χ0v) is 10.1. The van der Waals surface area contributed by atoms with Crippen molar-refractivity contribution in [3.05, 3.63) is 0 Å². The largest absolute Gasteiger partial charge is 0.382 e. The van der Waals surface area contributed by atoms with Crippen LogP contribution in [0.5, 0.6) is 0 Å². The predicted molar refractivity (Wildman–Crippen MR) is 60.2 cm³/mol. The van der Waals surface area contributed by atoms with Crippen LogP contribution in [0.25, 0.3) is 0 Å². The van der Waals surface area contributed by atoms with Crippen molar-refractivity contribution in [1.29, 1.82) is 0 Å². The molecule has 0 heterocycles. The van der Waals surface area contributed by atoms with Crippen molar-refractivity contribution < 1.29 is 19.0 Å². The fraction of sp³-hybridized carbons (Fsp3) is 0.900. The molecule has 6 heteroatoms. The molecule has 0 aliphatic rings. The van der Waals surface area contributed by atoms with Crippen LogP contribution in [0.1, 0.15) is 6.92 Å². The van der Waals surface area contributed by atoms with Crippen LogP contribution in [-0.4, -0.2) is 59.3 Å². The van der Waals surface area contributed by atoms with Gasteiger partial charge in [-0.2, -0.15) is 0 Å². The minimum atomic E-state index is -0.0340. The minimum Gasteiger partial charge on any atom is -0.382 e. The van der Waals surface area contributed by atoms with Crippen molar-refractivity contribution in [3.8, 4) is 0 Å². The van der Waals surface area contributed by atoms with Crippen molar-refractivity contribution in [2.24, 2.45) is 0 Å². The lowest BCUT2D eigenvalue weighted by atomic mass is 10.6. The van der Waals surface area contributed by atoms with Gasteiger partial charge in [-0.05, 0) is 0 Å². The van der Waals surface area contributed by atoms with Crippen LogP contribution < -0.4 is 10.6 Å². The Morgan fingerprint density at radius 1 is 1.06 bits per heavy atom. The molecule has 0 saturated carbocycles. The molecular weight excluding hydrogens is 212 g/mol. The molecule has 96 valence electrons. The maximum absolute atomic E-state index is 10.5. The molecular formula is C10H22N2O4. The van der Waals surface area contributed by atoms with Crippen LogP contribution in [-0.2, 0) is 19.0 Å². The number of hydrogen-bond acceptors (Lipinski definition) is 5. The summed E-state index contributed by atoms with van der Waals surface area (Å²) in [6, 6.07) is 0. The zero-order valence-electron chi connectivity index (χ0n) is 10.1. The first-order valence-electron chi connectivity index (χ1n) is 5.37. The molecule has 0 spiro atoms. The Kier molecular flexibility index (Phi) is 11.8. The van der Waals surface area contributed by atoms with Crippen molar-refractivity contribution in [2.45, 2.75) is 6.92 Å². The molecule has 2 N–H and O–H groups in total. The number of nitrogens with one attached hydrogen (secondary N) is 2. The summed E-state index contributed by atoms with van der Waals surface area (Å²) in [5.41, 5.74) is 0. The van der Waals surface area contributed by atoms with Crippen LogP contribution >= 0.6 is 0 Å². The van der Waals surface area contributed by atoms with E-state index < -0.39 is 0 Å². The topological polar surface area (TPSA) is 68.8 Å². The lowest BCUT2D eigenvalue weighted by Crippen LogP contribution is -2.27. The monoisotopic (exact) mass is 234 g/mol. The smallest absolute Gasteiger partial charge is 0.216 e. The summed E-state index contributed by atoms with van der Waals surface area (Å²) in [4.78, 5) is 10.5. The third-order valence-electron chi connectivity index (χ3n) is 1.68. The van der Waals surface area contributed by atoms with E-state index in [1.807, 2.05) is 0 Å². The molecule has 0 bridgehead atoms. The van der Waals surface area contributed by atoms with Gasteiger partial charge in [0, 0.05) is 27.1 Å². The van der Waals surface area contributed by atoms with Gasteiger partial charge in [0.25, 0.3) is 0 Å². The lowest BCUT2D eigenvalue weighted by molar-refractivity contribution is -0.119. The number of ether oxygens (including phenoxy) is 3. The van der Waals surface area contributed by atoms with E-state index in [1.54, 1.807) is 7.11 Å². The first kappa shape index (κ1) is 15.3. The number of carbonyl (C=O) groups is 1. The quantitative estimate of drug-likeness (QED) is 0.367. The standard InChI is InChI=1S/C10H22N2O4/c1-10(13)12-4-6-15-5-3-11-9-16-8-7-14-2/h11H,3-9H2,1-2H3,(H,12,13). The van der Waals surface area contributed by atoms with E-state index in [0.29, 0.717) is 39.7 Å². The summed E-state index contributed by atoms with van der Waals surface area (Å²) in [5.74, 6) is -0.0340. The van der Waals surface area contributed by atoms with Gasteiger partial charge in [-0.25, -0.2) is 0 Å². The molecule has 1 amide bonds. The fourth-order valence-electron chi connectivity index (χ4n) is 0.904. The van der Waals surface area contributed by atoms with E-state index in [4.69, 9.17) is 14.2 Å². The fourth-order valence-corrected chi connectivity index (χ4v) is 0.904. The van der Waals surface area contributed by atoms with Crippen molar-refractivity contribution in [2.75, 3.05) is 53.4 Å². The molecule has 0 aliphatic heterocycles. The van der Waals surface area contributed by atoms with Gasteiger partial charge in [-0.3, -0.25) is 10.1 Å². The number of amides is 1. The molecule has 0 fully saturated rings. The second kappa shape index (κ2) is 12.4. The molecule has 0 radical (unpaired) electrons. The van der Waals surface area contributed by atoms with Crippen molar-refractivity contribution in [3.63, 3.8) is 0 Å². The van der Waals surface area contributed by atoms with E-state index in [2.05, 4.69) is 10.6 Å². The second-order valence-corrected chi connectivity index (χ2v) is 3.14. The Labute approximate surface area is 96.6 Å². The highest BCUT2D eigenvalue weighted by Crippen LogP contribution is 1.75. The summed E-state index contributed by atoms with van der Waals surface area (Å²) in [7, 11) is 1.64. The Morgan fingerprint density at radius 2 is 1.81 bits per heavy atom. The third-order valence-corrected chi connectivity index (χ3v) is 1.68. The van der Waals surface area contributed by atoms with Gasteiger partial charge in [0.2, 0.25) is 5.91 Å². The molecule has 6 nitrogen and oxygen atoms in total. The Bertz CT molecular complexity index is 167. The number of rotatable bonds is 11. The van der Waals surface area contributed by atoms with Gasteiger partial charge in [0.15, 0.2) is 0 Å². The van der Waals surface area contributed by atoms with Gasteiger partial charge < -0.3 is 19.5 Å². The first-order chi connectivity index (χ1) is 7.77. The normalized spacial score (nSPS) is 10.4. The predicted octanol–water partition coefficient (Wildman–Crippen LogP) is -0.651. The minimum absolute atomic E-state index is 0.0340. The average Bonchev–Trinajstić information content (AvgIpc) is 2.25. The number of methoxy groups -OCH3 is 1. The van der Waals surface area contributed by atoms with Crippen LogP contribution in [0.3, 0.4) is 0 Å². The third kappa shape index (κ3) is 13.3. The molecule has 0 aliphatic carbocycles. The number of hydrogen-bond donors (Lipinski definition) is 2. The lowest BCUT2D eigenvalue weighted by Gasteiger charge is -2.07. The van der Waals surface area contributed by atoms with E-state index in [-0.39, 0.29) is 5.91 Å². The van der Waals surface area contributed by atoms with E-state index >= 15 is 0 Å². The zero-order chi connectivity index (χ0) is 12.1. The Hall–Kier alpha value is -0.690. The second-order valence-electron chi connectivity index (χ2n) is 3.14. The van der Waals surface area contributed by atoms with Gasteiger partial charge in [0.05, 0.1) is 33.2 Å². The van der Waals surface area contributed by atoms with Gasteiger partial charge in [-0.1, -0.05) is 0 Å². The summed E-state index contributed by atoms with van der Waals surface area (Å²) < 4.78 is 15.3. The molecule has 0 aromatic carbocycles. The summed E-state index contributed by atoms with van der Waals surface area (Å²) in [6.07, 6.45) is 0. The molecule has 0 atom stereocenters. The molecule has 16 heavy (non-hydrogen) atoms. The van der Waals surface area contributed by atoms with Gasteiger partial charge >= 0.3 is 0 Å². The Morgan fingerprint density at radius 3 is 2.50 bits per heavy atom. The molecule has 0 aromatic rings. The highest BCUT2D eigenvalue weighted by atomic mass is 16.5. The Balaban J connectivity index is 2.90. The van der Waals surface area contributed by atoms with Crippen LogP contribution in [0.15, 0.2) is 0 Å². The van der Waals surface area contributed by atoms with E-state index in [0.717, 1.165) is 6.54 Å². The summed E-state index contributed by atoms with van der Waals surface area (Å²) in [6.45, 7) is 5.60. The highest BCUT2D eigenvalue weighted by molar-refractivity contribution is 5.72. The maximum Gasteiger partial charge on any atom is 0.216 e. The van der Waals surface area contributed by atoms with Crippen LogP contribution in [0.4, 0.5) is 0 Å². The van der Waals surface area contributed by atoms with E-state index in [9.17, 15) is 4.79 Å².